The van der Waals surface area contributed by atoms with E-state index in [0.717, 1.165) is 36.4 Å². The third-order valence-electron chi connectivity index (χ3n) is 5.26. The molecule has 180 valence electrons. The molecule has 2 aromatic carbocycles. The van der Waals surface area contributed by atoms with E-state index in [0.29, 0.717) is 23.0 Å². The molecular weight excluding hydrogens is 452 g/mol. The summed E-state index contributed by atoms with van der Waals surface area (Å²) < 4.78 is 12.2. The fourth-order valence-electron chi connectivity index (χ4n) is 3.47. The molecule has 0 bridgehead atoms. The topological polar surface area (TPSA) is 95.3 Å². The van der Waals surface area contributed by atoms with E-state index in [1.54, 1.807) is 38.3 Å². The van der Waals surface area contributed by atoms with Gasteiger partial charge in [0.25, 0.3) is 0 Å². The smallest absolute Gasteiger partial charge is 0.338 e. The number of aryl methyl sites for hydroxylation is 3. The van der Waals surface area contributed by atoms with Gasteiger partial charge in [0.05, 0.1) is 25.0 Å². The molecule has 0 saturated heterocycles. The van der Waals surface area contributed by atoms with Crippen molar-refractivity contribution in [3.63, 3.8) is 0 Å². The molecule has 0 aliphatic carbocycles. The molecule has 0 atom stereocenters. The number of thioether (sulfide) groups is 1. The van der Waals surface area contributed by atoms with Gasteiger partial charge in [-0.1, -0.05) is 23.9 Å². The zero-order valence-corrected chi connectivity index (χ0v) is 20.8. The number of amides is 1. The summed E-state index contributed by atoms with van der Waals surface area (Å²) in [6.45, 7) is 4.12. The van der Waals surface area contributed by atoms with Crippen molar-refractivity contribution in [1.82, 2.24) is 14.8 Å². The molecule has 9 heteroatoms. The number of aromatic nitrogens is 3. The first-order valence-corrected chi connectivity index (χ1v) is 12.1. The van der Waals surface area contributed by atoms with E-state index in [1.807, 2.05) is 24.6 Å². The van der Waals surface area contributed by atoms with Crippen molar-refractivity contribution in [3.05, 3.63) is 65.0 Å². The van der Waals surface area contributed by atoms with Crippen LogP contribution in [0, 0.1) is 6.92 Å². The standard InChI is InChI=1S/C25H30N4O4S/c1-5-33-24(31)19-10-12-20(13-11-19)26-23(30)16-34-25-28-27-22(29(25)3)8-6-7-18-9-14-21(32-4)17(2)15-18/h9-15H,5-8,16H2,1-4H3,(H,26,30). The molecule has 8 nitrogen and oxygen atoms in total. The third kappa shape index (κ3) is 6.84. The number of nitrogens with zero attached hydrogens (tertiary/aromatic N) is 3. The van der Waals surface area contributed by atoms with Crippen LogP contribution in [-0.2, 0) is 29.4 Å². The van der Waals surface area contributed by atoms with Gasteiger partial charge < -0.3 is 19.4 Å². The first-order chi connectivity index (χ1) is 16.4. The van der Waals surface area contributed by atoms with Gasteiger partial charge in [-0.15, -0.1) is 10.2 Å². The van der Waals surface area contributed by atoms with Gasteiger partial charge in [0.1, 0.15) is 11.6 Å². The number of anilines is 1. The minimum atomic E-state index is -0.381. The van der Waals surface area contributed by atoms with E-state index in [2.05, 4.69) is 27.6 Å². The molecule has 1 aromatic heterocycles. The van der Waals surface area contributed by atoms with Crippen molar-refractivity contribution in [1.29, 1.82) is 0 Å². The number of methoxy groups -OCH3 is 1. The summed E-state index contributed by atoms with van der Waals surface area (Å²) >= 11 is 1.34. The Hall–Kier alpha value is -3.33. The van der Waals surface area contributed by atoms with Crippen LogP contribution in [0.2, 0.25) is 0 Å². The second-order valence-corrected chi connectivity index (χ2v) is 8.69. The van der Waals surface area contributed by atoms with Gasteiger partial charge in [0.2, 0.25) is 5.91 Å². The highest BCUT2D eigenvalue weighted by atomic mass is 32.2. The van der Waals surface area contributed by atoms with Crippen molar-refractivity contribution in [3.8, 4) is 5.75 Å². The lowest BCUT2D eigenvalue weighted by Gasteiger charge is -2.08. The highest BCUT2D eigenvalue weighted by molar-refractivity contribution is 7.99. The number of hydrogen-bond acceptors (Lipinski definition) is 7. The summed E-state index contributed by atoms with van der Waals surface area (Å²) in [7, 11) is 3.60. The largest absolute Gasteiger partial charge is 0.496 e. The number of nitrogens with one attached hydrogen (secondary N) is 1. The van der Waals surface area contributed by atoms with Gasteiger partial charge in [0, 0.05) is 19.2 Å². The second-order valence-electron chi connectivity index (χ2n) is 7.75. The number of hydrogen-bond donors (Lipinski definition) is 1. The molecule has 0 spiro atoms. The molecule has 3 aromatic rings. The fourth-order valence-corrected chi connectivity index (χ4v) is 4.20. The first kappa shape index (κ1) is 25.3. The van der Waals surface area contributed by atoms with Crippen LogP contribution < -0.4 is 10.1 Å². The highest BCUT2D eigenvalue weighted by Crippen LogP contribution is 2.21. The molecule has 0 aliphatic heterocycles. The number of benzene rings is 2. The van der Waals surface area contributed by atoms with Crippen molar-refractivity contribution in [2.24, 2.45) is 7.05 Å². The predicted molar refractivity (Wildman–Crippen MR) is 133 cm³/mol. The average molecular weight is 483 g/mol. The molecule has 1 amide bonds. The Morgan fingerprint density at radius 1 is 1.09 bits per heavy atom. The summed E-state index contributed by atoms with van der Waals surface area (Å²) in [5, 5.41) is 12.0. The van der Waals surface area contributed by atoms with E-state index < -0.39 is 0 Å². The van der Waals surface area contributed by atoms with Crippen molar-refractivity contribution in [2.75, 3.05) is 24.8 Å². The molecule has 34 heavy (non-hydrogen) atoms. The lowest BCUT2D eigenvalue weighted by atomic mass is 10.0. The van der Waals surface area contributed by atoms with Gasteiger partial charge in [0.15, 0.2) is 5.16 Å². The van der Waals surface area contributed by atoms with E-state index in [4.69, 9.17) is 9.47 Å². The minimum Gasteiger partial charge on any atom is -0.496 e. The maximum absolute atomic E-state index is 12.3. The molecular formula is C25H30N4O4S. The Balaban J connectivity index is 1.46. The summed E-state index contributed by atoms with van der Waals surface area (Å²) in [6.07, 6.45) is 2.69. The van der Waals surface area contributed by atoms with Crippen LogP contribution in [-0.4, -0.2) is 46.1 Å². The Morgan fingerprint density at radius 3 is 2.53 bits per heavy atom. The highest BCUT2D eigenvalue weighted by Gasteiger charge is 2.12. The molecule has 1 N–H and O–H groups in total. The Kier molecular flexibility index (Phi) is 9.09. The van der Waals surface area contributed by atoms with Gasteiger partial charge in [-0.05, 0) is 68.1 Å². The van der Waals surface area contributed by atoms with E-state index in [9.17, 15) is 9.59 Å². The number of carbonyl (C=O) groups is 2. The minimum absolute atomic E-state index is 0.159. The van der Waals surface area contributed by atoms with Crippen LogP contribution in [0.15, 0.2) is 47.6 Å². The van der Waals surface area contributed by atoms with Crippen LogP contribution >= 0.6 is 11.8 Å². The zero-order chi connectivity index (χ0) is 24.5. The lowest BCUT2D eigenvalue weighted by molar-refractivity contribution is -0.113. The summed E-state index contributed by atoms with van der Waals surface area (Å²) in [5.41, 5.74) is 3.46. The van der Waals surface area contributed by atoms with Crippen molar-refractivity contribution >= 4 is 29.3 Å². The number of carbonyl (C=O) groups excluding carboxylic acids is 2. The van der Waals surface area contributed by atoms with Crippen molar-refractivity contribution < 1.29 is 19.1 Å². The normalized spacial score (nSPS) is 10.7. The SMILES string of the molecule is CCOC(=O)c1ccc(NC(=O)CSc2nnc(CCCc3ccc(OC)c(C)c3)n2C)cc1. The summed E-state index contributed by atoms with van der Waals surface area (Å²) in [6, 6.07) is 12.9. The second kappa shape index (κ2) is 12.2. The molecule has 0 unspecified atom stereocenters. The van der Waals surface area contributed by atoms with Crippen LogP contribution in [0.4, 0.5) is 5.69 Å². The van der Waals surface area contributed by atoms with Gasteiger partial charge in [-0.3, -0.25) is 4.79 Å². The van der Waals surface area contributed by atoms with E-state index >= 15 is 0 Å². The van der Waals surface area contributed by atoms with Gasteiger partial charge >= 0.3 is 5.97 Å². The van der Waals surface area contributed by atoms with E-state index in [-0.39, 0.29) is 17.6 Å². The quantitative estimate of drug-likeness (QED) is 0.323. The number of rotatable bonds is 11. The van der Waals surface area contributed by atoms with Crippen LogP contribution in [0.3, 0.4) is 0 Å². The predicted octanol–water partition coefficient (Wildman–Crippen LogP) is 4.21. The maximum Gasteiger partial charge on any atom is 0.338 e. The molecule has 3 rings (SSSR count). The molecule has 0 saturated carbocycles. The molecule has 1 heterocycles. The third-order valence-corrected chi connectivity index (χ3v) is 6.28. The zero-order valence-electron chi connectivity index (χ0n) is 20.0. The van der Waals surface area contributed by atoms with Gasteiger partial charge in [-0.25, -0.2) is 4.79 Å². The molecule has 0 aliphatic rings. The maximum atomic E-state index is 12.3. The first-order valence-electron chi connectivity index (χ1n) is 11.1. The number of ether oxygens (including phenoxy) is 2. The van der Waals surface area contributed by atoms with Crippen LogP contribution in [0.25, 0.3) is 0 Å². The summed E-state index contributed by atoms with van der Waals surface area (Å²) in [5.74, 6) is 1.46. The summed E-state index contributed by atoms with van der Waals surface area (Å²) in [4.78, 5) is 24.1. The number of esters is 1. The van der Waals surface area contributed by atoms with Crippen molar-refractivity contribution in [2.45, 2.75) is 38.3 Å². The molecule has 0 radical (unpaired) electrons. The molecule has 0 fully saturated rings. The Bertz CT molecular complexity index is 1130. The lowest BCUT2D eigenvalue weighted by Crippen LogP contribution is -2.14. The van der Waals surface area contributed by atoms with Crippen LogP contribution in [0.1, 0.15) is 40.7 Å². The van der Waals surface area contributed by atoms with Crippen LogP contribution in [0.5, 0.6) is 5.75 Å². The fraction of sp³-hybridized carbons (Fsp3) is 0.360. The Labute approximate surface area is 204 Å². The Morgan fingerprint density at radius 2 is 1.85 bits per heavy atom. The van der Waals surface area contributed by atoms with E-state index in [1.165, 1.54) is 17.3 Å². The monoisotopic (exact) mass is 482 g/mol. The average Bonchev–Trinajstić information content (AvgIpc) is 3.17. The van der Waals surface area contributed by atoms with Gasteiger partial charge in [-0.2, -0.15) is 0 Å².